The average Bonchev–Trinajstić information content (AvgIpc) is 3.42. The number of ether oxygens (including phenoxy) is 1. The van der Waals surface area contributed by atoms with Crippen LogP contribution in [0.15, 0.2) is 48.5 Å². The van der Waals surface area contributed by atoms with Crippen molar-refractivity contribution in [1.29, 1.82) is 0 Å². The highest BCUT2D eigenvalue weighted by Crippen LogP contribution is 2.63. The number of nitrogens with one attached hydrogen (secondary N) is 1. The van der Waals surface area contributed by atoms with Crippen LogP contribution in [0.1, 0.15) is 52.7 Å². The van der Waals surface area contributed by atoms with Crippen molar-refractivity contribution in [1.82, 2.24) is 4.90 Å². The molecule has 0 aromatic heterocycles. The molecule has 2 heterocycles. The van der Waals surface area contributed by atoms with Gasteiger partial charge in [-0.2, -0.15) is 0 Å². The van der Waals surface area contributed by atoms with Crippen molar-refractivity contribution < 1.29 is 9.53 Å². The first-order chi connectivity index (χ1) is 14.3. The SMILES string of the molecule is O=C(c1ccc2c(c1)[C@@H]1[C@@H]3CC[C@@H](C3)[C@@H]1[C@@H](c1ccccc1)N2)N1CCOCC1. The van der Waals surface area contributed by atoms with Gasteiger partial charge in [-0.3, -0.25) is 4.79 Å². The van der Waals surface area contributed by atoms with Crippen molar-refractivity contribution in [2.75, 3.05) is 31.6 Å². The molecule has 1 saturated heterocycles. The molecule has 4 aliphatic rings. The number of carbonyl (C=O) groups is 1. The molecule has 2 saturated carbocycles. The van der Waals surface area contributed by atoms with Crippen LogP contribution in [0.5, 0.6) is 0 Å². The van der Waals surface area contributed by atoms with E-state index in [9.17, 15) is 4.79 Å². The van der Waals surface area contributed by atoms with Crippen LogP contribution >= 0.6 is 0 Å². The van der Waals surface area contributed by atoms with Crippen LogP contribution in [0.2, 0.25) is 0 Å². The fourth-order valence-electron chi connectivity index (χ4n) is 6.56. The van der Waals surface area contributed by atoms with Gasteiger partial charge in [0.1, 0.15) is 0 Å². The molecule has 1 N–H and O–H groups in total. The van der Waals surface area contributed by atoms with Gasteiger partial charge in [0.25, 0.3) is 5.91 Å². The van der Waals surface area contributed by atoms with Gasteiger partial charge in [-0.15, -0.1) is 0 Å². The van der Waals surface area contributed by atoms with Gasteiger partial charge in [0.05, 0.1) is 19.3 Å². The summed E-state index contributed by atoms with van der Waals surface area (Å²) in [5.74, 6) is 2.94. The first kappa shape index (κ1) is 17.5. The lowest BCUT2D eigenvalue weighted by Crippen LogP contribution is -2.41. The summed E-state index contributed by atoms with van der Waals surface area (Å²) in [5.41, 5.74) is 4.85. The molecule has 0 radical (unpaired) electrons. The molecule has 29 heavy (non-hydrogen) atoms. The number of carbonyl (C=O) groups excluding carboxylic acids is 1. The summed E-state index contributed by atoms with van der Waals surface area (Å²) in [6.07, 6.45) is 4.05. The van der Waals surface area contributed by atoms with Gasteiger partial charge in [0.2, 0.25) is 0 Å². The molecule has 2 aromatic rings. The Morgan fingerprint density at radius 1 is 1.00 bits per heavy atom. The Labute approximate surface area is 172 Å². The number of amides is 1. The normalized spacial score (nSPS) is 32.4. The number of anilines is 1. The molecule has 6 rings (SSSR count). The number of morpholine rings is 1. The Hall–Kier alpha value is -2.33. The number of rotatable bonds is 2. The van der Waals surface area contributed by atoms with E-state index in [1.54, 1.807) is 0 Å². The van der Waals surface area contributed by atoms with Crippen molar-refractivity contribution in [2.45, 2.75) is 31.2 Å². The first-order valence-corrected chi connectivity index (χ1v) is 11.1. The summed E-state index contributed by atoms with van der Waals surface area (Å²) < 4.78 is 5.42. The highest BCUT2D eigenvalue weighted by atomic mass is 16.5. The van der Waals surface area contributed by atoms with E-state index < -0.39 is 0 Å². The third-order valence-corrected chi connectivity index (χ3v) is 7.79. The molecule has 4 heteroatoms. The smallest absolute Gasteiger partial charge is 0.254 e. The van der Waals surface area contributed by atoms with Gasteiger partial charge in [0, 0.05) is 24.3 Å². The molecular weight excluding hydrogens is 360 g/mol. The van der Waals surface area contributed by atoms with Crippen LogP contribution in [-0.2, 0) is 4.74 Å². The highest BCUT2D eigenvalue weighted by Gasteiger charge is 2.53. The fraction of sp³-hybridized carbons (Fsp3) is 0.480. The number of fused-ring (bicyclic) bond motifs is 7. The molecule has 4 nitrogen and oxygen atoms in total. The number of hydrogen-bond acceptors (Lipinski definition) is 3. The number of hydrogen-bond donors (Lipinski definition) is 1. The van der Waals surface area contributed by atoms with Crippen LogP contribution < -0.4 is 5.32 Å². The van der Waals surface area contributed by atoms with E-state index in [0.29, 0.717) is 44.2 Å². The second-order valence-corrected chi connectivity index (χ2v) is 9.18. The summed E-state index contributed by atoms with van der Waals surface area (Å²) in [7, 11) is 0. The second-order valence-electron chi connectivity index (χ2n) is 9.18. The van der Waals surface area contributed by atoms with Crippen LogP contribution in [0.3, 0.4) is 0 Å². The minimum absolute atomic E-state index is 0.154. The van der Waals surface area contributed by atoms with Gasteiger partial charge in [-0.1, -0.05) is 30.3 Å². The summed E-state index contributed by atoms with van der Waals surface area (Å²) in [5, 5.41) is 3.87. The molecule has 150 valence electrons. The van der Waals surface area contributed by atoms with Gasteiger partial charge in [0.15, 0.2) is 0 Å². The van der Waals surface area contributed by atoms with Crippen molar-refractivity contribution in [2.24, 2.45) is 17.8 Å². The Balaban J connectivity index is 1.38. The molecule has 0 spiro atoms. The summed E-state index contributed by atoms with van der Waals surface area (Å²) in [4.78, 5) is 15.0. The van der Waals surface area contributed by atoms with Crippen molar-refractivity contribution in [3.8, 4) is 0 Å². The average molecular weight is 389 g/mol. The zero-order valence-electron chi connectivity index (χ0n) is 16.7. The molecule has 2 aliphatic heterocycles. The summed E-state index contributed by atoms with van der Waals surface area (Å²) in [6, 6.07) is 17.7. The van der Waals surface area contributed by atoms with Crippen LogP contribution in [0.4, 0.5) is 5.69 Å². The summed E-state index contributed by atoms with van der Waals surface area (Å²) >= 11 is 0. The van der Waals surface area contributed by atoms with Crippen molar-refractivity contribution in [3.05, 3.63) is 65.2 Å². The lowest BCUT2D eigenvalue weighted by molar-refractivity contribution is 0.0303. The Morgan fingerprint density at radius 3 is 2.62 bits per heavy atom. The van der Waals surface area contributed by atoms with E-state index in [1.165, 1.54) is 36.1 Å². The zero-order valence-corrected chi connectivity index (χ0v) is 16.7. The minimum atomic E-state index is 0.154. The van der Waals surface area contributed by atoms with Gasteiger partial charge < -0.3 is 15.0 Å². The Kier molecular flexibility index (Phi) is 4.15. The number of nitrogens with zero attached hydrogens (tertiary/aromatic N) is 1. The predicted molar refractivity (Wildman–Crippen MR) is 113 cm³/mol. The highest BCUT2D eigenvalue weighted by molar-refractivity contribution is 5.95. The van der Waals surface area contributed by atoms with Crippen LogP contribution in [0, 0.1) is 17.8 Å². The monoisotopic (exact) mass is 388 g/mol. The second kappa shape index (κ2) is 6.88. The minimum Gasteiger partial charge on any atom is -0.378 e. The molecule has 5 atom stereocenters. The lowest BCUT2D eigenvalue weighted by Gasteiger charge is -2.43. The number of benzene rings is 2. The van der Waals surface area contributed by atoms with Gasteiger partial charge in [-0.05, 0) is 72.3 Å². The van der Waals surface area contributed by atoms with Gasteiger partial charge in [-0.25, -0.2) is 0 Å². The molecule has 2 aromatic carbocycles. The maximum absolute atomic E-state index is 13.1. The van der Waals surface area contributed by atoms with E-state index in [1.807, 2.05) is 11.0 Å². The van der Waals surface area contributed by atoms with Crippen LogP contribution in [-0.4, -0.2) is 37.1 Å². The molecule has 2 aliphatic carbocycles. The molecule has 0 unspecified atom stereocenters. The van der Waals surface area contributed by atoms with E-state index in [0.717, 1.165) is 17.4 Å². The molecule has 3 fully saturated rings. The van der Waals surface area contributed by atoms with E-state index >= 15 is 0 Å². The fourth-order valence-corrected chi connectivity index (χ4v) is 6.56. The third kappa shape index (κ3) is 2.80. The zero-order chi connectivity index (χ0) is 19.4. The Morgan fingerprint density at radius 2 is 1.79 bits per heavy atom. The van der Waals surface area contributed by atoms with Gasteiger partial charge >= 0.3 is 0 Å². The third-order valence-electron chi connectivity index (χ3n) is 7.79. The standard InChI is InChI=1S/C25H28N2O2/c28-25(27-10-12-29-13-11-27)19-8-9-21-20(15-19)22-17-6-7-18(14-17)23(22)24(26-21)16-4-2-1-3-5-16/h1-5,8-9,15,17-18,22-24,26H,6-7,10-14H2/t17-,18+,22+,23+,24-/m1/s1. The first-order valence-electron chi connectivity index (χ1n) is 11.1. The van der Waals surface area contributed by atoms with Crippen LogP contribution in [0.25, 0.3) is 0 Å². The maximum atomic E-state index is 13.1. The molecular formula is C25H28N2O2. The predicted octanol–water partition coefficient (Wildman–Crippen LogP) is 4.46. The quantitative estimate of drug-likeness (QED) is 0.826. The van der Waals surface area contributed by atoms with E-state index in [4.69, 9.17) is 4.74 Å². The van der Waals surface area contributed by atoms with E-state index in [-0.39, 0.29) is 5.91 Å². The summed E-state index contributed by atoms with van der Waals surface area (Å²) in [6.45, 7) is 2.68. The molecule has 1 amide bonds. The Bertz CT molecular complexity index is 922. The van der Waals surface area contributed by atoms with Crippen molar-refractivity contribution in [3.63, 3.8) is 0 Å². The lowest BCUT2D eigenvalue weighted by atomic mass is 9.68. The maximum Gasteiger partial charge on any atom is 0.254 e. The van der Waals surface area contributed by atoms with E-state index in [2.05, 4.69) is 47.8 Å². The molecule has 2 bridgehead atoms. The topological polar surface area (TPSA) is 41.6 Å². The largest absolute Gasteiger partial charge is 0.378 e. The van der Waals surface area contributed by atoms with Crippen molar-refractivity contribution >= 4 is 11.6 Å².